The number of benzene rings is 2. The summed E-state index contributed by atoms with van der Waals surface area (Å²) in [5, 5.41) is 12.2. The van der Waals surface area contributed by atoms with Crippen molar-refractivity contribution in [2.75, 3.05) is 25.6 Å². The van der Waals surface area contributed by atoms with Crippen molar-refractivity contribution in [2.24, 2.45) is 0 Å². The van der Waals surface area contributed by atoms with E-state index in [1.54, 1.807) is 19.2 Å². The van der Waals surface area contributed by atoms with Crippen LogP contribution in [0.5, 0.6) is 0 Å². The molecule has 2 rings (SSSR count). The number of nitrogens with one attached hydrogen (secondary N) is 2. The summed E-state index contributed by atoms with van der Waals surface area (Å²) in [4.78, 5) is 11.1. The topological polar surface area (TPSA) is 105 Å². The van der Waals surface area contributed by atoms with E-state index in [9.17, 15) is 13.2 Å². The van der Waals surface area contributed by atoms with Gasteiger partial charge in [-0.3, -0.25) is 0 Å². The number of sulfonamides is 1. The van der Waals surface area contributed by atoms with Crippen molar-refractivity contribution in [2.45, 2.75) is 17.9 Å². The minimum absolute atomic E-state index is 0.0903. The Labute approximate surface area is 153 Å². The van der Waals surface area contributed by atoms with Crippen molar-refractivity contribution >= 4 is 21.7 Å². The van der Waals surface area contributed by atoms with Gasteiger partial charge in [0.25, 0.3) is 0 Å². The number of methoxy groups -OCH3 is 1. The average Bonchev–Trinajstić information content (AvgIpc) is 2.64. The number of anilines is 1. The van der Waals surface area contributed by atoms with Gasteiger partial charge in [0.15, 0.2) is 0 Å². The molecule has 0 aliphatic rings. The van der Waals surface area contributed by atoms with Crippen molar-refractivity contribution in [1.29, 1.82) is 0 Å². The van der Waals surface area contributed by atoms with E-state index < -0.39 is 16.0 Å². The van der Waals surface area contributed by atoms with Crippen LogP contribution in [0.25, 0.3) is 0 Å². The first-order valence-corrected chi connectivity index (χ1v) is 9.56. The summed E-state index contributed by atoms with van der Waals surface area (Å²) in [5.41, 5.74) is 1.07. The number of ether oxygens (including phenoxy) is 1. The van der Waals surface area contributed by atoms with Gasteiger partial charge in [0.2, 0.25) is 10.0 Å². The van der Waals surface area contributed by atoms with Crippen LogP contribution in [0.3, 0.4) is 0 Å². The summed E-state index contributed by atoms with van der Waals surface area (Å²) < 4.78 is 32.9. The molecule has 7 nitrogen and oxygen atoms in total. The van der Waals surface area contributed by atoms with Crippen LogP contribution in [0.2, 0.25) is 0 Å². The van der Waals surface area contributed by atoms with Gasteiger partial charge in [-0.25, -0.2) is 17.9 Å². The number of carboxylic acid groups (broad SMARTS) is 1. The fourth-order valence-corrected chi connectivity index (χ4v) is 3.54. The van der Waals surface area contributed by atoms with Crippen LogP contribution < -0.4 is 10.0 Å². The molecule has 8 heteroatoms. The Balaban J connectivity index is 2.24. The zero-order valence-electron chi connectivity index (χ0n) is 14.4. The average molecular weight is 378 g/mol. The van der Waals surface area contributed by atoms with Gasteiger partial charge in [0.1, 0.15) is 4.90 Å². The molecule has 0 saturated carbocycles. The summed E-state index contributed by atoms with van der Waals surface area (Å²) in [6, 6.07) is 13.1. The largest absolute Gasteiger partial charge is 0.478 e. The van der Waals surface area contributed by atoms with Gasteiger partial charge in [0, 0.05) is 26.8 Å². The molecule has 140 valence electrons. The van der Waals surface area contributed by atoms with Crippen molar-refractivity contribution < 1.29 is 23.1 Å². The first-order valence-electron chi connectivity index (χ1n) is 8.08. The highest BCUT2D eigenvalue weighted by Gasteiger charge is 2.20. The van der Waals surface area contributed by atoms with Gasteiger partial charge in [-0.1, -0.05) is 30.3 Å². The van der Waals surface area contributed by atoms with Crippen molar-refractivity contribution in [3.63, 3.8) is 0 Å². The molecule has 0 heterocycles. The van der Waals surface area contributed by atoms with Crippen LogP contribution in [0, 0.1) is 0 Å². The summed E-state index contributed by atoms with van der Waals surface area (Å²) in [7, 11) is -2.31. The number of rotatable bonds is 10. The Hall–Kier alpha value is -2.42. The fraction of sp³-hybridized carbons (Fsp3) is 0.278. The van der Waals surface area contributed by atoms with E-state index >= 15 is 0 Å². The Morgan fingerprint density at radius 3 is 2.54 bits per heavy atom. The second-order valence-electron chi connectivity index (χ2n) is 5.60. The molecule has 0 radical (unpaired) electrons. The third-order valence-electron chi connectivity index (χ3n) is 3.67. The molecule has 2 aromatic rings. The zero-order valence-corrected chi connectivity index (χ0v) is 15.3. The van der Waals surface area contributed by atoms with E-state index in [0.717, 1.165) is 11.6 Å². The molecule has 2 aromatic carbocycles. The minimum atomic E-state index is -3.89. The van der Waals surface area contributed by atoms with Gasteiger partial charge < -0.3 is 15.2 Å². The monoisotopic (exact) mass is 378 g/mol. The van der Waals surface area contributed by atoms with Crippen LogP contribution in [-0.2, 0) is 21.3 Å². The molecule has 0 aromatic heterocycles. The van der Waals surface area contributed by atoms with Gasteiger partial charge in [-0.2, -0.15) is 0 Å². The summed E-state index contributed by atoms with van der Waals surface area (Å²) in [6.45, 7) is 1.15. The fourth-order valence-electron chi connectivity index (χ4n) is 2.32. The molecule has 0 aliphatic carbocycles. The normalized spacial score (nSPS) is 11.3. The van der Waals surface area contributed by atoms with Crippen LogP contribution >= 0.6 is 0 Å². The van der Waals surface area contributed by atoms with Crippen LogP contribution in [0.1, 0.15) is 22.3 Å². The zero-order chi connectivity index (χ0) is 19.0. The third kappa shape index (κ3) is 5.55. The van der Waals surface area contributed by atoms with Crippen LogP contribution in [-0.4, -0.2) is 39.8 Å². The van der Waals surface area contributed by atoms with Crippen molar-refractivity contribution in [3.8, 4) is 0 Å². The predicted molar refractivity (Wildman–Crippen MR) is 98.9 cm³/mol. The summed E-state index contributed by atoms with van der Waals surface area (Å²) >= 11 is 0. The molecule has 0 atom stereocenters. The van der Waals surface area contributed by atoms with Gasteiger partial charge in [0.05, 0.1) is 11.3 Å². The lowest BCUT2D eigenvalue weighted by Gasteiger charge is -2.14. The highest BCUT2D eigenvalue weighted by atomic mass is 32.2. The molecule has 0 bridgehead atoms. The lowest BCUT2D eigenvalue weighted by Crippen LogP contribution is -2.25. The minimum Gasteiger partial charge on any atom is -0.478 e. The Kier molecular flexibility index (Phi) is 7.14. The van der Waals surface area contributed by atoms with E-state index in [1.807, 2.05) is 18.2 Å². The first kappa shape index (κ1) is 19.9. The maximum absolute atomic E-state index is 12.7. The highest BCUT2D eigenvalue weighted by Crippen LogP contribution is 2.23. The van der Waals surface area contributed by atoms with Crippen molar-refractivity contribution in [3.05, 3.63) is 59.7 Å². The maximum Gasteiger partial charge on any atom is 0.335 e. The predicted octanol–water partition coefficient (Wildman–Crippen LogP) is 2.31. The van der Waals surface area contributed by atoms with Crippen LogP contribution in [0.15, 0.2) is 53.4 Å². The molecular formula is C18H22N2O5S. The molecular weight excluding hydrogens is 356 g/mol. The van der Waals surface area contributed by atoms with Crippen molar-refractivity contribution in [1.82, 2.24) is 4.72 Å². The van der Waals surface area contributed by atoms with Crippen LogP contribution in [0.4, 0.5) is 5.69 Å². The SMILES string of the molecule is COCCCNc1ccc(C(=O)O)cc1S(=O)(=O)NCc1ccccc1. The number of carboxylic acids is 1. The molecule has 0 saturated heterocycles. The number of aromatic carboxylic acids is 1. The molecule has 3 N–H and O–H groups in total. The second kappa shape index (κ2) is 9.33. The lowest BCUT2D eigenvalue weighted by atomic mass is 10.2. The number of hydrogen-bond acceptors (Lipinski definition) is 5. The maximum atomic E-state index is 12.7. The Bertz CT molecular complexity index is 838. The molecule has 0 fully saturated rings. The van der Waals surface area contributed by atoms with E-state index in [-0.39, 0.29) is 17.0 Å². The van der Waals surface area contributed by atoms with E-state index in [1.165, 1.54) is 12.1 Å². The highest BCUT2D eigenvalue weighted by molar-refractivity contribution is 7.89. The Morgan fingerprint density at radius 1 is 1.15 bits per heavy atom. The quantitative estimate of drug-likeness (QED) is 0.548. The number of hydrogen-bond donors (Lipinski definition) is 3. The molecule has 0 unspecified atom stereocenters. The third-order valence-corrected chi connectivity index (χ3v) is 5.11. The van der Waals surface area contributed by atoms with E-state index in [0.29, 0.717) is 25.3 Å². The smallest absolute Gasteiger partial charge is 0.335 e. The standard InChI is InChI=1S/C18H22N2O5S/c1-25-11-5-10-19-16-9-8-15(18(21)22)12-17(16)26(23,24)20-13-14-6-3-2-4-7-14/h2-4,6-9,12,19-20H,5,10-11,13H2,1H3,(H,21,22). The van der Waals surface area contributed by atoms with E-state index in [2.05, 4.69) is 10.0 Å². The van der Waals surface area contributed by atoms with E-state index in [4.69, 9.17) is 9.84 Å². The second-order valence-corrected chi connectivity index (χ2v) is 7.33. The lowest BCUT2D eigenvalue weighted by molar-refractivity contribution is 0.0696. The Morgan fingerprint density at radius 2 is 1.88 bits per heavy atom. The van der Waals surface area contributed by atoms with Gasteiger partial charge in [-0.05, 0) is 30.2 Å². The first-order chi connectivity index (χ1) is 12.4. The summed E-state index contributed by atoms with van der Waals surface area (Å²) in [6.07, 6.45) is 0.689. The molecule has 0 amide bonds. The molecule has 0 aliphatic heterocycles. The molecule has 0 spiro atoms. The summed E-state index contributed by atoms with van der Waals surface area (Å²) in [5.74, 6) is -1.18. The number of carbonyl (C=O) groups is 1. The van der Waals surface area contributed by atoms with Gasteiger partial charge in [-0.15, -0.1) is 0 Å². The molecule has 26 heavy (non-hydrogen) atoms. The van der Waals surface area contributed by atoms with Gasteiger partial charge >= 0.3 is 5.97 Å².